The van der Waals surface area contributed by atoms with Gasteiger partial charge in [-0.15, -0.1) is 0 Å². The average molecular weight is 314 g/mol. The number of anilines is 2. The lowest BCUT2D eigenvalue weighted by atomic mass is 10.0. The lowest BCUT2D eigenvalue weighted by molar-refractivity contribution is 0.464. The molecule has 1 saturated heterocycles. The van der Waals surface area contributed by atoms with Gasteiger partial charge in [-0.25, -0.2) is 9.67 Å². The van der Waals surface area contributed by atoms with Crippen LogP contribution in [0.25, 0.3) is 0 Å². The molecule has 2 aromatic rings. The van der Waals surface area contributed by atoms with Crippen LogP contribution >= 0.6 is 0 Å². The van der Waals surface area contributed by atoms with Gasteiger partial charge in [0, 0.05) is 38.4 Å². The molecule has 0 radical (unpaired) electrons. The van der Waals surface area contributed by atoms with E-state index in [-0.39, 0.29) is 5.56 Å². The third kappa shape index (κ3) is 3.67. The first-order valence-corrected chi connectivity index (χ1v) is 7.97. The van der Waals surface area contributed by atoms with Gasteiger partial charge in [0.25, 0.3) is 5.56 Å². The first kappa shape index (κ1) is 15.5. The van der Waals surface area contributed by atoms with Crippen LogP contribution in [0.5, 0.6) is 0 Å². The maximum absolute atomic E-state index is 11.5. The Hall–Kier alpha value is -2.44. The van der Waals surface area contributed by atoms with Crippen molar-refractivity contribution in [3.63, 3.8) is 0 Å². The van der Waals surface area contributed by atoms with Crippen molar-refractivity contribution >= 4 is 11.6 Å². The van der Waals surface area contributed by atoms with Crippen LogP contribution in [0.15, 0.2) is 29.3 Å². The van der Waals surface area contributed by atoms with Crippen molar-refractivity contribution in [1.29, 1.82) is 0 Å². The first-order valence-electron chi connectivity index (χ1n) is 7.97. The molecule has 2 aromatic heterocycles. The predicted molar refractivity (Wildman–Crippen MR) is 89.7 cm³/mol. The van der Waals surface area contributed by atoms with Gasteiger partial charge in [-0.1, -0.05) is 0 Å². The number of hydrogen-bond acceptors (Lipinski definition) is 6. The van der Waals surface area contributed by atoms with Crippen molar-refractivity contribution in [3.05, 3.63) is 40.6 Å². The summed E-state index contributed by atoms with van der Waals surface area (Å²) in [6, 6.07) is 3.72. The number of hydrogen-bond donors (Lipinski definition) is 1. The molecule has 1 aliphatic rings. The normalized spacial score (nSPS) is 18.0. The topological polar surface area (TPSA) is 75.9 Å². The largest absolute Gasteiger partial charge is 0.367 e. The Balaban J connectivity index is 1.73. The van der Waals surface area contributed by atoms with Crippen LogP contribution in [0, 0.1) is 6.92 Å². The number of rotatable bonds is 4. The Morgan fingerprint density at radius 2 is 2.17 bits per heavy atom. The van der Waals surface area contributed by atoms with Crippen molar-refractivity contribution in [1.82, 2.24) is 19.7 Å². The highest BCUT2D eigenvalue weighted by Crippen LogP contribution is 2.22. The van der Waals surface area contributed by atoms with Gasteiger partial charge < -0.3 is 10.2 Å². The summed E-state index contributed by atoms with van der Waals surface area (Å²) in [7, 11) is 1.69. The Labute approximate surface area is 135 Å². The molecule has 0 amide bonds. The van der Waals surface area contributed by atoms with Gasteiger partial charge in [-0.2, -0.15) is 5.10 Å². The summed E-state index contributed by atoms with van der Waals surface area (Å²) in [4.78, 5) is 22.4. The van der Waals surface area contributed by atoms with Crippen molar-refractivity contribution in [2.24, 2.45) is 7.05 Å². The molecule has 3 heterocycles. The van der Waals surface area contributed by atoms with Gasteiger partial charge in [0.1, 0.15) is 11.6 Å². The fourth-order valence-electron chi connectivity index (χ4n) is 2.93. The highest BCUT2D eigenvalue weighted by Gasteiger charge is 2.24. The van der Waals surface area contributed by atoms with Crippen LogP contribution in [0.3, 0.4) is 0 Å². The molecule has 0 aromatic carbocycles. The van der Waals surface area contributed by atoms with Gasteiger partial charge in [-0.3, -0.25) is 9.78 Å². The van der Waals surface area contributed by atoms with E-state index in [2.05, 4.69) is 25.3 Å². The molecule has 1 fully saturated rings. The number of aryl methyl sites for hydroxylation is 2. The second-order valence-electron chi connectivity index (χ2n) is 5.92. The predicted octanol–water partition coefficient (Wildman–Crippen LogP) is 1.35. The van der Waals surface area contributed by atoms with E-state index in [1.54, 1.807) is 25.5 Å². The maximum atomic E-state index is 11.5. The first-order chi connectivity index (χ1) is 11.1. The lowest BCUT2D eigenvalue weighted by Gasteiger charge is -2.36. The summed E-state index contributed by atoms with van der Waals surface area (Å²) < 4.78 is 1.39. The van der Waals surface area contributed by atoms with Crippen LogP contribution in [0.4, 0.5) is 11.6 Å². The number of aromatic nitrogens is 4. The van der Waals surface area contributed by atoms with Crippen LogP contribution in [0.1, 0.15) is 25.0 Å². The fraction of sp³-hybridized carbons (Fsp3) is 0.500. The highest BCUT2D eigenvalue weighted by atomic mass is 16.1. The quantitative estimate of drug-likeness (QED) is 0.918. The summed E-state index contributed by atoms with van der Waals surface area (Å²) in [5, 5.41) is 7.76. The smallest absolute Gasteiger partial charge is 0.266 e. The zero-order valence-electron chi connectivity index (χ0n) is 13.6. The molecule has 122 valence electrons. The molecule has 1 aliphatic heterocycles. The van der Waals surface area contributed by atoms with Crippen LogP contribution in [-0.4, -0.2) is 38.9 Å². The molecule has 0 bridgehead atoms. The van der Waals surface area contributed by atoms with E-state index in [1.165, 1.54) is 11.1 Å². The summed E-state index contributed by atoms with van der Waals surface area (Å²) in [5.41, 5.74) is 0.811. The maximum Gasteiger partial charge on any atom is 0.266 e. The average Bonchev–Trinajstić information content (AvgIpc) is 2.56. The molecule has 7 nitrogen and oxygen atoms in total. The Kier molecular flexibility index (Phi) is 4.55. The molecule has 3 rings (SSSR count). The van der Waals surface area contributed by atoms with Gasteiger partial charge in [0.15, 0.2) is 0 Å². The van der Waals surface area contributed by atoms with E-state index >= 15 is 0 Å². The highest BCUT2D eigenvalue weighted by molar-refractivity contribution is 5.40. The number of nitrogens with zero attached hydrogens (tertiary/aromatic N) is 5. The second-order valence-corrected chi connectivity index (χ2v) is 5.92. The molecule has 23 heavy (non-hydrogen) atoms. The third-order valence-corrected chi connectivity index (χ3v) is 4.14. The van der Waals surface area contributed by atoms with E-state index in [4.69, 9.17) is 0 Å². The zero-order chi connectivity index (χ0) is 16.2. The van der Waals surface area contributed by atoms with Crippen molar-refractivity contribution in [2.45, 2.75) is 32.2 Å². The van der Waals surface area contributed by atoms with E-state index < -0.39 is 0 Å². The molecule has 1 atom stereocenters. The minimum absolute atomic E-state index is 0.0875. The Morgan fingerprint density at radius 1 is 1.30 bits per heavy atom. The summed E-state index contributed by atoms with van der Waals surface area (Å²) >= 11 is 0. The van der Waals surface area contributed by atoms with Crippen LogP contribution in [-0.2, 0) is 7.05 Å². The lowest BCUT2D eigenvalue weighted by Crippen LogP contribution is -2.45. The minimum Gasteiger partial charge on any atom is -0.367 e. The molecule has 0 aliphatic carbocycles. The number of piperidine rings is 1. The van der Waals surface area contributed by atoms with Crippen LogP contribution < -0.4 is 15.8 Å². The van der Waals surface area contributed by atoms with Gasteiger partial charge >= 0.3 is 0 Å². The van der Waals surface area contributed by atoms with Crippen molar-refractivity contribution in [2.75, 3.05) is 23.3 Å². The molecular weight excluding hydrogens is 292 g/mol. The van der Waals surface area contributed by atoms with Gasteiger partial charge in [-0.05, 0) is 32.3 Å². The van der Waals surface area contributed by atoms with E-state index in [9.17, 15) is 4.79 Å². The molecule has 7 heteroatoms. The SMILES string of the molecule is Cc1cncc(NCC2CCCCN2c2ccc(=O)n(C)n2)n1. The molecular formula is C16H22N6O. The zero-order valence-corrected chi connectivity index (χ0v) is 13.6. The summed E-state index contributed by atoms with van der Waals surface area (Å²) in [5.74, 6) is 1.65. The summed E-state index contributed by atoms with van der Waals surface area (Å²) in [6.07, 6.45) is 6.92. The standard InChI is InChI=1S/C16H22N6O/c1-12-9-17-11-14(19-12)18-10-13-5-3-4-8-22(13)15-6-7-16(23)21(2)20-15/h6-7,9,11,13H,3-5,8,10H2,1-2H3,(H,18,19). The van der Waals surface area contributed by atoms with Gasteiger partial charge in [0.2, 0.25) is 0 Å². The van der Waals surface area contributed by atoms with E-state index in [1.807, 2.05) is 13.0 Å². The second kappa shape index (κ2) is 6.76. The van der Waals surface area contributed by atoms with E-state index in [0.29, 0.717) is 6.04 Å². The fourth-order valence-corrected chi connectivity index (χ4v) is 2.93. The summed E-state index contributed by atoms with van der Waals surface area (Å²) in [6.45, 7) is 3.67. The molecule has 1 unspecified atom stereocenters. The third-order valence-electron chi connectivity index (χ3n) is 4.14. The Morgan fingerprint density at radius 3 is 2.96 bits per heavy atom. The van der Waals surface area contributed by atoms with E-state index in [0.717, 1.165) is 43.3 Å². The molecule has 0 spiro atoms. The monoisotopic (exact) mass is 314 g/mol. The molecule has 1 N–H and O–H groups in total. The van der Waals surface area contributed by atoms with Crippen molar-refractivity contribution in [3.8, 4) is 0 Å². The van der Waals surface area contributed by atoms with Gasteiger partial charge in [0.05, 0.1) is 11.9 Å². The van der Waals surface area contributed by atoms with Crippen LogP contribution in [0.2, 0.25) is 0 Å². The number of nitrogens with one attached hydrogen (secondary N) is 1. The molecule has 0 saturated carbocycles. The Bertz CT molecular complexity index is 729. The van der Waals surface area contributed by atoms with Crippen molar-refractivity contribution < 1.29 is 0 Å². The minimum atomic E-state index is -0.0875.